The SMILES string of the molecule is C[C@@H]1O[C@@H](c2c(CO)nc3ccc(-c4cnc(C(C)(C)O)nc4)cn23)c2ccccc21. The van der Waals surface area contributed by atoms with Crippen molar-refractivity contribution in [3.63, 3.8) is 0 Å². The minimum atomic E-state index is -1.10. The second-order valence-corrected chi connectivity index (χ2v) is 8.39. The number of hydrogen-bond donors (Lipinski definition) is 2. The Morgan fingerprint density at radius 2 is 1.74 bits per heavy atom. The van der Waals surface area contributed by atoms with Crippen LogP contribution in [-0.4, -0.2) is 29.6 Å². The molecule has 0 unspecified atom stereocenters. The number of rotatable bonds is 4. The molecule has 0 bridgehead atoms. The highest BCUT2D eigenvalue weighted by Crippen LogP contribution is 2.43. The summed E-state index contributed by atoms with van der Waals surface area (Å²) >= 11 is 0. The highest BCUT2D eigenvalue weighted by molar-refractivity contribution is 5.64. The molecule has 1 aliphatic rings. The number of aromatic nitrogens is 4. The maximum absolute atomic E-state index is 10.1. The third kappa shape index (κ3) is 3.31. The van der Waals surface area contributed by atoms with Crippen LogP contribution in [0.1, 0.15) is 61.3 Å². The van der Waals surface area contributed by atoms with Gasteiger partial charge in [0.15, 0.2) is 5.82 Å². The van der Waals surface area contributed by atoms with E-state index in [0.29, 0.717) is 11.5 Å². The molecule has 2 atom stereocenters. The molecular weight excluding hydrogens is 392 g/mol. The minimum absolute atomic E-state index is 0.0377. The van der Waals surface area contributed by atoms with Crippen molar-refractivity contribution in [1.82, 2.24) is 19.4 Å². The molecule has 5 rings (SSSR count). The fourth-order valence-corrected chi connectivity index (χ4v) is 4.15. The van der Waals surface area contributed by atoms with Crippen LogP contribution in [0.15, 0.2) is 55.0 Å². The number of aliphatic hydroxyl groups is 2. The van der Waals surface area contributed by atoms with Gasteiger partial charge in [0.1, 0.15) is 17.4 Å². The number of fused-ring (bicyclic) bond motifs is 2. The van der Waals surface area contributed by atoms with E-state index in [1.807, 2.05) is 41.8 Å². The first-order valence-corrected chi connectivity index (χ1v) is 10.3. The van der Waals surface area contributed by atoms with Crippen molar-refractivity contribution in [3.05, 3.63) is 83.3 Å². The van der Waals surface area contributed by atoms with E-state index in [1.165, 1.54) is 0 Å². The summed E-state index contributed by atoms with van der Waals surface area (Å²) in [7, 11) is 0. The van der Waals surface area contributed by atoms with Gasteiger partial charge in [0.05, 0.1) is 24.1 Å². The van der Waals surface area contributed by atoms with Gasteiger partial charge in [-0.25, -0.2) is 15.0 Å². The second kappa shape index (κ2) is 7.23. The summed E-state index contributed by atoms with van der Waals surface area (Å²) in [6, 6.07) is 12.0. The fraction of sp³-hybridized carbons (Fsp3) is 0.292. The molecule has 0 saturated heterocycles. The molecule has 7 nitrogen and oxygen atoms in total. The number of nitrogens with zero attached hydrogens (tertiary/aromatic N) is 4. The molecule has 4 heterocycles. The van der Waals surface area contributed by atoms with E-state index < -0.39 is 5.60 Å². The largest absolute Gasteiger partial charge is 0.390 e. The number of hydrogen-bond acceptors (Lipinski definition) is 6. The van der Waals surface area contributed by atoms with Crippen LogP contribution in [0.3, 0.4) is 0 Å². The molecule has 0 fully saturated rings. The molecule has 1 aromatic carbocycles. The predicted octanol–water partition coefficient (Wildman–Crippen LogP) is 3.69. The average Bonchev–Trinajstić information content (AvgIpc) is 3.30. The van der Waals surface area contributed by atoms with E-state index in [-0.39, 0.29) is 18.8 Å². The summed E-state index contributed by atoms with van der Waals surface area (Å²) in [5.74, 6) is 0.369. The molecule has 7 heteroatoms. The van der Waals surface area contributed by atoms with Gasteiger partial charge in [0.2, 0.25) is 0 Å². The van der Waals surface area contributed by atoms with Gasteiger partial charge < -0.3 is 19.4 Å². The Hall–Kier alpha value is -3.13. The van der Waals surface area contributed by atoms with Gasteiger partial charge in [0, 0.05) is 29.7 Å². The minimum Gasteiger partial charge on any atom is -0.390 e. The Morgan fingerprint density at radius 1 is 1.03 bits per heavy atom. The first kappa shape index (κ1) is 19.8. The standard InChI is InChI=1S/C24H24N4O3/c1-14-17-6-4-5-7-18(17)22(31-14)21-19(13-29)27-20-9-8-15(12-28(20)21)16-10-25-23(26-11-16)24(2,3)30/h4-12,14,22,29-30H,13H2,1-3H3/t14-,22+/m0/s1. The highest BCUT2D eigenvalue weighted by atomic mass is 16.5. The molecule has 2 N–H and O–H groups in total. The number of aliphatic hydroxyl groups excluding tert-OH is 1. The molecule has 0 radical (unpaired) electrons. The van der Waals surface area contributed by atoms with Gasteiger partial charge in [-0.3, -0.25) is 0 Å². The van der Waals surface area contributed by atoms with Crippen molar-refractivity contribution in [2.24, 2.45) is 0 Å². The van der Waals surface area contributed by atoms with E-state index in [4.69, 9.17) is 4.74 Å². The smallest absolute Gasteiger partial charge is 0.159 e. The summed E-state index contributed by atoms with van der Waals surface area (Å²) in [5, 5.41) is 20.1. The number of imidazole rings is 1. The van der Waals surface area contributed by atoms with Gasteiger partial charge in [-0.2, -0.15) is 0 Å². The van der Waals surface area contributed by atoms with E-state index in [1.54, 1.807) is 26.2 Å². The monoisotopic (exact) mass is 416 g/mol. The third-order valence-electron chi connectivity index (χ3n) is 5.72. The lowest BCUT2D eigenvalue weighted by molar-refractivity contribution is 0.0415. The van der Waals surface area contributed by atoms with Crippen molar-refractivity contribution in [1.29, 1.82) is 0 Å². The quantitative estimate of drug-likeness (QED) is 0.527. The lowest BCUT2D eigenvalue weighted by atomic mass is 10.00. The highest BCUT2D eigenvalue weighted by Gasteiger charge is 2.34. The Labute approximate surface area is 180 Å². The number of benzene rings is 1. The van der Waals surface area contributed by atoms with Gasteiger partial charge in [-0.15, -0.1) is 0 Å². The summed E-state index contributed by atoms with van der Waals surface area (Å²) in [6.45, 7) is 5.17. The van der Waals surface area contributed by atoms with Crippen LogP contribution in [-0.2, 0) is 16.9 Å². The Balaban J connectivity index is 1.63. The molecule has 1 aliphatic heterocycles. The zero-order valence-electron chi connectivity index (χ0n) is 17.6. The third-order valence-corrected chi connectivity index (χ3v) is 5.72. The summed E-state index contributed by atoms with van der Waals surface area (Å²) < 4.78 is 8.28. The molecule has 4 aromatic rings. The van der Waals surface area contributed by atoms with Crippen LogP contribution in [0, 0.1) is 0 Å². The normalized spacial score (nSPS) is 18.5. The molecule has 3 aromatic heterocycles. The zero-order valence-corrected chi connectivity index (χ0v) is 17.6. The van der Waals surface area contributed by atoms with Gasteiger partial charge in [0.25, 0.3) is 0 Å². The average molecular weight is 416 g/mol. The second-order valence-electron chi connectivity index (χ2n) is 8.39. The van der Waals surface area contributed by atoms with E-state index in [2.05, 4.69) is 27.1 Å². The molecule has 0 spiro atoms. The molecule has 0 saturated carbocycles. The zero-order chi connectivity index (χ0) is 21.8. The van der Waals surface area contributed by atoms with Crippen molar-refractivity contribution >= 4 is 5.65 Å². The first-order valence-electron chi connectivity index (χ1n) is 10.3. The van der Waals surface area contributed by atoms with Crippen LogP contribution in [0.5, 0.6) is 0 Å². The van der Waals surface area contributed by atoms with Gasteiger partial charge in [-0.1, -0.05) is 24.3 Å². The number of pyridine rings is 1. The van der Waals surface area contributed by atoms with Crippen molar-refractivity contribution < 1.29 is 14.9 Å². The molecule has 0 amide bonds. The lowest BCUT2D eigenvalue weighted by Crippen LogP contribution is -2.19. The van der Waals surface area contributed by atoms with Crippen LogP contribution < -0.4 is 0 Å². The molecule has 158 valence electrons. The van der Waals surface area contributed by atoms with Crippen molar-refractivity contribution in [2.75, 3.05) is 0 Å². The number of ether oxygens (including phenoxy) is 1. The first-order chi connectivity index (χ1) is 14.9. The van der Waals surface area contributed by atoms with Gasteiger partial charge in [-0.05, 0) is 44.0 Å². The Morgan fingerprint density at radius 3 is 2.42 bits per heavy atom. The van der Waals surface area contributed by atoms with Crippen molar-refractivity contribution in [2.45, 2.75) is 45.2 Å². The lowest BCUT2D eigenvalue weighted by Gasteiger charge is -2.16. The maximum atomic E-state index is 10.1. The van der Waals surface area contributed by atoms with Crippen molar-refractivity contribution in [3.8, 4) is 11.1 Å². The van der Waals surface area contributed by atoms with Crippen LogP contribution in [0.25, 0.3) is 16.8 Å². The maximum Gasteiger partial charge on any atom is 0.159 e. The molecular formula is C24H24N4O3. The molecule has 0 aliphatic carbocycles. The Bertz CT molecular complexity index is 1260. The Kier molecular flexibility index (Phi) is 4.62. The fourth-order valence-electron chi connectivity index (χ4n) is 4.15. The van der Waals surface area contributed by atoms with E-state index in [9.17, 15) is 10.2 Å². The topological polar surface area (TPSA) is 92.8 Å². The van der Waals surface area contributed by atoms with Gasteiger partial charge >= 0.3 is 0 Å². The van der Waals surface area contributed by atoms with Crippen LogP contribution in [0.4, 0.5) is 0 Å². The predicted molar refractivity (Wildman–Crippen MR) is 115 cm³/mol. The van der Waals surface area contributed by atoms with E-state index in [0.717, 1.165) is 33.6 Å². The van der Waals surface area contributed by atoms with Crippen LogP contribution in [0.2, 0.25) is 0 Å². The molecule has 31 heavy (non-hydrogen) atoms. The van der Waals surface area contributed by atoms with E-state index >= 15 is 0 Å². The summed E-state index contributed by atoms with van der Waals surface area (Å²) in [6.07, 6.45) is 5.02. The summed E-state index contributed by atoms with van der Waals surface area (Å²) in [4.78, 5) is 13.3. The van der Waals surface area contributed by atoms with Crippen LogP contribution >= 0.6 is 0 Å². The summed E-state index contributed by atoms with van der Waals surface area (Å²) in [5.41, 5.74) is 5.02.